The summed E-state index contributed by atoms with van der Waals surface area (Å²) in [5, 5.41) is 8.85. The van der Waals surface area contributed by atoms with Crippen molar-refractivity contribution in [2.45, 2.75) is 4.90 Å². The maximum atomic E-state index is 12.5. The molecule has 0 atom stereocenters. The molecular formula is C11H16BrNO7S. The normalized spacial score (nSPS) is 12.0. The first-order chi connectivity index (χ1) is 9.84. The van der Waals surface area contributed by atoms with Gasteiger partial charge >= 0.3 is 5.97 Å². The first kappa shape index (κ1) is 18.1. The minimum Gasteiger partial charge on any atom is -0.475 e. The Kier molecular flexibility index (Phi) is 6.81. The minimum absolute atomic E-state index is 0.113. The molecule has 0 bridgehead atoms. The number of nitrogens with zero attached hydrogens (tertiary/aromatic N) is 1. The highest BCUT2D eigenvalue weighted by atomic mass is 79.9. The Morgan fingerprint density at radius 3 is 2.24 bits per heavy atom. The average Bonchev–Trinajstić information content (AvgIpc) is 2.81. The number of carboxylic acid groups (broad SMARTS) is 1. The number of rotatable bonds is 9. The van der Waals surface area contributed by atoms with Crippen molar-refractivity contribution in [2.75, 3.05) is 40.5 Å². The Labute approximate surface area is 130 Å². The third kappa shape index (κ3) is 4.51. The van der Waals surface area contributed by atoms with Crippen LogP contribution in [0.1, 0.15) is 10.6 Å². The van der Waals surface area contributed by atoms with E-state index in [9.17, 15) is 13.2 Å². The Morgan fingerprint density at radius 1 is 1.33 bits per heavy atom. The number of halogens is 1. The van der Waals surface area contributed by atoms with Gasteiger partial charge in [0.05, 0.1) is 13.2 Å². The second-order valence-electron chi connectivity index (χ2n) is 3.94. The van der Waals surface area contributed by atoms with Crippen LogP contribution in [0.2, 0.25) is 0 Å². The third-order valence-corrected chi connectivity index (χ3v) is 5.33. The van der Waals surface area contributed by atoms with Crippen molar-refractivity contribution in [2.24, 2.45) is 0 Å². The summed E-state index contributed by atoms with van der Waals surface area (Å²) in [4.78, 5) is 10.6. The topological polar surface area (TPSA) is 106 Å². The lowest BCUT2D eigenvalue weighted by Gasteiger charge is -2.20. The quantitative estimate of drug-likeness (QED) is 0.676. The van der Waals surface area contributed by atoms with E-state index in [0.717, 1.165) is 10.4 Å². The molecule has 1 heterocycles. The fourth-order valence-corrected chi connectivity index (χ4v) is 3.82. The van der Waals surface area contributed by atoms with Crippen LogP contribution in [0, 0.1) is 0 Å². The molecule has 1 N–H and O–H groups in total. The molecule has 0 aliphatic rings. The molecule has 0 aliphatic heterocycles. The summed E-state index contributed by atoms with van der Waals surface area (Å²) in [5.74, 6) is -1.81. The lowest BCUT2D eigenvalue weighted by Crippen LogP contribution is -2.36. The van der Waals surface area contributed by atoms with Crippen LogP contribution in [-0.4, -0.2) is 64.3 Å². The van der Waals surface area contributed by atoms with Crippen LogP contribution in [0.5, 0.6) is 0 Å². The molecule has 0 fully saturated rings. The van der Waals surface area contributed by atoms with Gasteiger partial charge < -0.3 is 19.0 Å². The molecule has 0 saturated heterocycles. The molecule has 0 saturated carbocycles. The second-order valence-corrected chi connectivity index (χ2v) is 6.57. The zero-order chi connectivity index (χ0) is 16.0. The van der Waals surface area contributed by atoms with E-state index in [0.29, 0.717) is 0 Å². The Balaban J connectivity index is 3.11. The first-order valence-electron chi connectivity index (χ1n) is 5.85. The van der Waals surface area contributed by atoms with E-state index >= 15 is 0 Å². The summed E-state index contributed by atoms with van der Waals surface area (Å²) in [7, 11) is -1.01. The van der Waals surface area contributed by atoms with E-state index in [2.05, 4.69) is 15.9 Å². The zero-order valence-corrected chi connectivity index (χ0v) is 13.9. The van der Waals surface area contributed by atoms with Crippen LogP contribution in [-0.2, 0) is 19.5 Å². The number of carbonyl (C=O) groups is 1. The molecule has 0 aliphatic carbocycles. The monoisotopic (exact) mass is 385 g/mol. The highest BCUT2D eigenvalue weighted by Crippen LogP contribution is 2.28. The second kappa shape index (κ2) is 7.90. The van der Waals surface area contributed by atoms with E-state index in [4.69, 9.17) is 19.0 Å². The van der Waals surface area contributed by atoms with Crippen molar-refractivity contribution in [3.8, 4) is 0 Å². The summed E-state index contributed by atoms with van der Waals surface area (Å²) in [6, 6.07) is 0.967. The van der Waals surface area contributed by atoms with Gasteiger partial charge in [-0.05, 0) is 15.9 Å². The van der Waals surface area contributed by atoms with Gasteiger partial charge in [0.15, 0.2) is 4.67 Å². The van der Waals surface area contributed by atoms with Gasteiger partial charge in [-0.25, -0.2) is 13.2 Å². The van der Waals surface area contributed by atoms with Gasteiger partial charge in [-0.3, -0.25) is 0 Å². The lowest BCUT2D eigenvalue weighted by molar-refractivity contribution is 0.0661. The summed E-state index contributed by atoms with van der Waals surface area (Å²) in [5.41, 5.74) is 0. The molecule has 1 rings (SSSR count). The van der Waals surface area contributed by atoms with E-state index in [1.807, 2.05) is 0 Å². The average molecular weight is 386 g/mol. The van der Waals surface area contributed by atoms with Crippen LogP contribution in [0.25, 0.3) is 0 Å². The number of hydrogen-bond acceptors (Lipinski definition) is 6. The number of sulfonamides is 1. The van der Waals surface area contributed by atoms with Crippen LogP contribution in [0.3, 0.4) is 0 Å². The largest absolute Gasteiger partial charge is 0.475 e. The molecule has 0 aromatic carbocycles. The number of hydrogen-bond donors (Lipinski definition) is 1. The van der Waals surface area contributed by atoms with Gasteiger partial charge in [-0.15, -0.1) is 0 Å². The van der Waals surface area contributed by atoms with Crippen LogP contribution >= 0.6 is 15.9 Å². The molecular weight excluding hydrogens is 370 g/mol. The van der Waals surface area contributed by atoms with Crippen LogP contribution < -0.4 is 0 Å². The Morgan fingerprint density at radius 2 is 1.86 bits per heavy atom. The third-order valence-electron chi connectivity index (χ3n) is 2.57. The highest BCUT2D eigenvalue weighted by molar-refractivity contribution is 9.10. The van der Waals surface area contributed by atoms with Crippen molar-refractivity contribution in [1.82, 2.24) is 4.31 Å². The molecule has 1 aromatic heterocycles. The molecule has 21 heavy (non-hydrogen) atoms. The predicted molar refractivity (Wildman–Crippen MR) is 75.9 cm³/mol. The predicted octanol–water partition coefficient (Wildman–Crippen LogP) is 1.02. The van der Waals surface area contributed by atoms with E-state index in [1.165, 1.54) is 14.2 Å². The van der Waals surface area contributed by atoms with Crippen LogP contribution in [0.15, 0.2) is 20.0 Å². The number of furan rings is 1. The molecule has 0 radical (unpaired) electrons. The minimum atomic E-state index is -3.92. The van der Waals surface area contributed by atoms with E-state index < -0.39 is 21.8 Å². The fraction of sp³-hybridized carbons (Fsp3) is 0.545. The molecule has 120 valence electrons. The Hall–Kier alpha value is -0.940. The SMILES string of the molecule is COCCN(CCOC)S(=O)(=O)c1cc(C(=O)O)oc1Br. The summed E-state index contributed by atoms with van der Waals surface area (Å²) < 4.78 is 40.7. The maximum absolute atomic E-state index is 12.5. The van der Waals surface area contributed by atoms with Crippen molar-refractivity contribution in [1.29, 1.82) is 0 Å². The van der Waals surface area contributed by atoms with Gasteiger partial charge in [0.1, 0.15) is 4.90 Å². The van der Waals surface area contributed by atoms with Gasteiger partial charge in [0, 0.05) is 33.4 Å². The number of carboxylic acids is 1. The van der Waals surface area contributed by atoms with Gasteiger partial charge in [0.2, 0.25) is 15.8 Å². The van der Waals surface area contributed by atoms with Gasteiger partial charge in [-0.2, -0.15) is 4.31 Å². The smallest absolute Gasteiger partial charge is 0.371 e. The first-order valence-corrected chi connectivity index (χ1v) is 8.08. The van der Waals surface area contributed by atoms with Crippen LogP contribution in [0.4, 0.5) is 0 Å². The summed E-state index contributed by atoms with van der Waals surface area (Å²) >= 11 is 2.93. The zero-order valence-electron chi connectivity index (χ0n) is 11.5. The fourth-order valence-electron chi connectivity index (χ4n) is 1.51. The lowest BCUT2D eigenvalue weighted by atomic mass is 10.5. The molecule has 10 heteroatoms. The van der Waals surface area contributed by atoms with E-state index in [-0.39, 0.29) is 35.9 Å². The standard InChI is InChI=1S/C11H16BrNO7S/c1-18-5-3-13(4-6-19-2)21(16,17)9-7-8(11(14)15)20-10(9)12/h7H,3-6H2,1-2H3,(H,14,15). The molecule has 0 spiro atoms. The summed E-state index contributed by atoms with van der Waals surface area (Å²) in [6.45, 7) is 0.624. The van der Waals surface area contributed by atoms with Crippen molar-refractivity contribution in [3.63, 3.8) is 0 Å². The molecule has 8 nitrogen and oxygen atoms in total. The number of aromatic carboxylic acids is 1. The maximum Gasteiger partial charge on any atom is 0.371 e. The van der Waals surface area contributed by atoms with Gasteiger partial charge in [0.25, 0.3) is 0 Å². The van der Waals surface area contributed by atoms with Crippen molar-refractivity contribution < 1.29 is 32.2 Å². The molecule has 0 amide bonds. The molecule has 0 unspecified atom stereocenters. The Bertz CT molecular complexity index is 575. The van der Waals surface area contributed by atoms with E-state index in [1.54, 1.807) is 0 Å². The molecule has 1 aromatic rings. The highest BCUT2D eigenvalue weighted by Gasteiger charge is 2.30. The van der Waals surface area contributed by atoms with Gasteiger partial charge in [-0.1, -0.05) is 0 Å². The summed E-state index contributed by atoms with van der Waals surface area (Å²) in [6.07, 6.45) is 0. The number of methoxy groups -OCH3 is 2. The number of ether oxygens (including phenoxy) is 2. The van der Waals surface area contributed by atoms with Crippen molar-refractivity contribution in [3.05, 3.63) is 16.5 Å². The van der Waals surface area contributed by atoms with Crippen molar-refractivity contribution >= 4 is 31.9 Å².